The van der Waals surface area contributed by atoms with Gasteiger partial charge >= 0.3 is 0 Å². The minimum Gasteiger partial charge on any atom is -0.0843 e. The first-order valence-electron chi connectivity index (χ1n) is 8.54. The van der Waals surface area contributed by atoms with Crippen molar-refractivity contribution in [2.45, 2.75) is 51.9 Å². The van der Waals surface area contributed by atoms with Crippen LogP contribution in [0.4, 0.5) is 0 Å². The standard InChI is InChI=1S/C21H26Cl2/c1-4-6-16(7-5-2)21(3,17-8-12-19(22)13-9-17)18-10-14-20(23)15-11-18/h8-16H,4-7H2,1-3H3. The number of rotatable bonds is 7. The first kappa shape index (κ1) is 18.4. The van der Waals surface area contributed by atoms with Gasteiger partial charge in [-0.1, -0.05) is 81.1 Å². The largest absolute Gasteiger partial charge is 0.0843 e. The molecule has 2 heteroatoms. The summed E-state index contributed by atoms with van der Waals surface area (Å²) >= 11 is 12.2. The third-order valence-corrected chi connectivity index (χ3v) is 5.48. The molecule has 0 unspecified atom stereocenters. The van der Waals surface area contributed by atoms with Crippen LogP contribution in [0, 0.1) is 5.92 Å². The Morgan fingerprint density at radius 1 is 0.739 bits per heavy atom. The number of hydrogen-bond donors (Lipinski definition) is 0. The summed E-state index contributed by atoms with van der Waals surface area (Å²) in [5.41, 5.74) is 2.63. The Kier molecular flexibility index (Phi) is 6.56. The highest BCUT2D eigenvalue weighted by molar-refractivity contribution is 6.30. The molecule has 0 bridgehead atoms. The lowest BCUT2D eigenvalue weighted by atomic mass is 9.64. The molecule has 0 saturated heterocycles. The van der Waals surface area contributed by atoms with Gasteiger partial charge in [-0.15, -0.1) is 0 Å². The van der Waals surface area contributed by atoms with Crippen molar-refractivity contribution in [3.8, 4) is 0 Å². The second-order valence-corrected chi connectivity index (χ2v) is 7.36. The number of benzene rings is 2. The summed E-state index contributed by atoms with van der Waals surface area (Å²) in [5.74, 6) is 0.597. The van der Waals surface area contributed by atoms with Gasteiger partial charge in [0.15, 0.2) is 0 Å². The van der Waals surface area contributed by atoms with Gasteiger partial charge in [0.2, 0.25) is 0 Å². The molecule has 23 heavy (non-hydrogen) atoms. The fourth-order valence-corrected chi connectivity index (χ4v) is 3.90. The van der Waals surface area contributed by atoms with Gasteiger partial charge in [0, 0.05) is 15.5 Å². The third kappa shape index (κ3) is 4.11. The van der Waals surface area contributed by atoms with Crippen molar-refractivity contribution in [3.05, 3.63) is 69.7 Å². The molecular weight excluding hydrogens is 323 g/mol. The normalized spacial score (nSPS) is 11.9. The average Bonchev–Trinajstić information content (AvgIpc) is 2.55. The van der Waals surface area contributed by atoms with Crippen LogP contribution in [0.2, 0.25) is 10.0 Å². The first-order valence-corrected chi connectivity index (χ1v) is 9.30. The van der Waals surface area contributed by atoms with E-state index in [0.29, 0.717) is 5.92 Å². The molecule has 0 radical (unpaired) electrons. The predicted molar refractivity (Wildman–Crippen MR) is 103 cm³/mol. The Morgan fingerprint density at radius 2 is 1.09 bits per heavy atom. The molecule has 0 saturated carbocycles. The van der Waals surface area contributed by atoms with Gasteiger partial charge in [0.05, 0.1) is 0 Å². The van der Waals surface area contributed by atoms with E-state index < -0.39 is 0 Å². The zero-order valence-electron chi connectivity index (χ0n) is 14.3. The maximum atomic E-state index is 6.11. The van der Waals surface area contributed by atoms with Gasteiger partial charge in [-0.3, -0.25) is 0 Å². The van der Waals surface area contributed by atoms with Crippen molar-refractivity contribution < 1.29 is 0 Å². The van der Waals surface area contributed by atoms with Crippen LogP contribution in [0.5, 0.6) is 0 Å². The smallest absolute Gasteiger partial charge is 0.0406 e. The monoisotopic (exact) mass is 348 g/mol. The van der Waals surface area contributed by atoms with Crippen LogP contribution in [-0.2, 0) is 5.41 Å². The van der Waals surface area contributed by atoms with Gasteiger partial charge < -0.3 is 0 Å². The van der Waals surface area contributed by atoms with E-state index >= 15 is 0 Å². The fraction of sp³-hybridized carbons (Fsp3) is 0.429. The maximum Gasteiger partial charge on any atom is 0.0406 e. The molecule has 0 heterocycles. The molecule has 0 aromatic heterocycles. The van der Waals surface area contributed by atoms with E-state index in [2.05, 4.69) is 45.0 Å². The molecule has 0 spiro atoms. The Balaban J connectivity index is 2.56. The molecule has 0 fully saturated rings. The molecule has 2 rings (SSSR count). The molecule has 0 nitrogen and oxygen atoms in total. The zero-order valence-corrected chi connectivity index (χ0v) is 15.8. The maximum absolute atomic E-state index is 6.11. The fourth-order valence-electron chi connectivity index (χ4n) is 3.65. The molecule has 0 atom stereocenters. The van der Waals surface area contributed by atoms with Crippen LogP contribution in [0.3, 0.4) is 0 Å². The van der Waals surface area contributed by atoms with E-state index in [1.54, 1.807) is 0 Å². The molecule has 2 aromatic carbocycles. The van der Waals surface area contributed by atoms with Crippen LogP contribution < -0.4 is 0 Å². The lowest BCUT2D eigenvalue weighted by Gasteiger charge is -2.39. The van der Waals surface area contributed by atoms with Gasteiger partial charge in [-0.05, 0) is 54.2 Å². The van der Waals surface area contributed by atoms with Crippen LogP contribution in [0.25, 0.3) is 0 Å². The summed E-state index contributed by atoms with van der Waals surface area (Å²) in [6.45, 7) is 6.91. The molecule has 0 N–H and O–H groups in total. The second-order valence-electron chi connectivity index (χ2n) is 6.49. The van der Waals surface area contributed by atoms with E-state index in [9.17, 15) is 0 Å². The van der Waals surface area contributed by atoms with Crippen molar-refractivity contribution in [3.63, 3.8) is 0 Å². The molecule has 2 aromatic rings. The van der Waals surface area contributed by atoms with Gasteiger partial charge in [0.25, 0.3) is 0 Å². The van der Waals surface area contributed by atoms with Crippen LogP contribution in [0.1, 0.15) is 57.6 Å². The zero-order chi connectivity index (χ0) is 16.9. The van der Waals surface area contributed by atoms with Gasteiger partial charge in [-0.25, -0.2) is 0 Å². The highest BCUT2D eigenvalue weighted by Crippen LogP contribution is 2.43. The minimum atomic E-state index is -0.0266. The van der Waals surface area contributed by atoms with Gasteiger partial charge in [-0.2, -0.15) is 0 Å². The predicted octanol–water partition coefficient (Wildman–Crippen LogP) is 7.52. The Morgan fingerprint density at radius 3 is 1.39 bits per heavy atom. The quantitative estimate of drug-likeness (QED) is 0.485. The van der Waals surface area contributed by atoms with Crippen LogP contribution in [0.15, 0.2) is 48.5 Å². The van der Waals surface area contributed by atoms with Gasteiger partial charge in [0.1, 0.15) is 0 Å². The van der Waals surface area contributed by atoms with E-state index in [1.807, 2.05) is 24.3 Å². The Labute approximate surface area is 150 Å². The molecule has 0 aliphatic heterocycles. The van der Waals surface area contributed by atoms with Crippen molar-refractivity contribution in [1.82, 2.24) is 0 Å². The van der Waals surface area contributed by atoms with E-state index in [4.69, 9.17) is 23.2 Å². The van der Waals surface area contributed by atoms with Crippen LogP contribution in [-0.4, -0.2) is 0 Å². The van der Waals surface area contributed by atoms with Crippen LogP contribution >= 0.6 is 23.2 Å². The lowest BCUT2D eigenvalue weighted by molar-refractivity contribution is 0.298. The highest BCUT2D eigenvalue weighted by Gasteiger charge is 2.36. The molecule has 124 valence electrons. The van der Waals surface area contributed by atoms with E-state index in [1.165, 1.54) is 36.8 Å². The number of hydrogen-bond acceptors (Lipinski definition) is 0. The highest BCUT2D eigenvalue weighted by atomic mass is 35.5. The second kappa shape index (κ2) is 8.22. The summed E-state index contributed by atoms with van der Waals surface area (Å²) in [5, 5.41) is 1.57. The van der Waals surface area contributed by atoms with Crippen molar-refractivity contribution in [1.29, 1.82) is 0 Å². The number of halogens is 2. The Hall–Kier alpha value is -0.980. The summed E-state index contributed by atoms with van der Waals surface area (Å²) in [7, 11) is 0. The lowest BCUT2D eigenvalue weighted by Crippen LogP contribution is -2.33. The van der Waals surface area contributed by atoms with Crippen molar-refractivity contribution in [2.24, 2.45) is 5.92 Å². The molecule has 0 aliphatic rings. The van der Waals surface area contributed by atoms with Crippen molar-refractivity contribution >= 4 is 23.2 Å². The SMILES string of the molecule is CCCC(CCC)C(C)(c1ccc(Cl)cc1)c1ccc(Cl)cc1. The topological polar surface area (TPSA) is 0 Å². The minimum absolute atomic E-state index is 0.0266. The summed E-state index contributed by atoms with van der Waals surface area (Å²) in [6.07, 6.45) is 4.83. The molecule has 0 amide bonds. The molecular formula is C21H26Cl2. The summed E-state index contributed by atoms with van der Waals surface area (Å²) < 4.78 is 0. The average molecular weight is 349 g/mol. The summed E-state index contributed by atoms with van der Waals surface area (Å²) in [4.78, 5) is 0. The van der Waals surface area contributed by atoms with Crippen molar-refractivity contribution in [2.75, 3.05) is 0 Å². The van der Waals surface area contributed by atoms with E-state index in [0.717, 1.165) is 10.0 Å². The van der Waals surface area contributed by atoms with E-state index in [-0.39, 0.29) is 5.41 Å². The third-order valence-electron chi connectivity index (χ3n) is 4.98. The molecule has 0 aliphatic carbocycles. The first-order chi connectivity index (χ1) is 11.0. The summed E-state index contributed by atoms with van der Waals surface area (Å²) in [6, 6.07) is 16.7. The Bertz CT molecular complexity index is 547.